The van der Waals surface area contributed by atoms with Crippen LogP contribution in [0.5, 0.6) is 0 Å². The maximum atomic E-state index is 12.6. The van der Waals surface area contributed by atoms with Crippen LogP contribution in [0, 0.1) is 5.92 Å². The summed E-state index contributed by atoms with van der Waals surface area (Å²) in [6, 6.07) is 9.19. The van der Waals surface area contributed by atoms with Gasteiger partial charge in [0.2, 0.25) is 5.91 Å². The first-order chi connectivity index (χ1) is 13.3. The third kappa shape index (κ3) is 6.86. The van der Waals surface area contributed by atoms with Gasteiger partial charge in [-0.1, -0.05) is 54.6 Å². The molecular formula is C20H27BN2O5. The van der Waals surface area contributed by atoms with E-state index >= 15 is 0 Å². The molecule has 8 heteroatoms. The Morgan fingerprint density at radius 3 is 2.57 bits per heavy atom. The number of carbonyl (C=O) groups excluding carboxylic acids is 2. The van der Waals surface area contributed by atoms with Crippen LogP contribution in [0.3, 0.4) is 0 Å². The first-order valence-corrected chi connectivity index (χ1v) is 9.27. The molecule has 1 aliphatic carbocycles. The minimum Gasteiger partial charge on any atom is -0.445 e. The number of amides is 2. The number of hydrogen-bond acceptors (Lipinski definition) is 5. The molecular weight excluding hydrogens is 359 g/mol. The van der Waals surface area contributed by atoms with Gasteiger partial charge in [0, 0.05) is 0 Å². The van der Waals surface area contributed by atoms with E-state index in [1.807, 2.05) is 54.6 Å². The van der Waals surface area contributed by atoms with Gasteiger partial charge in [0.15, 0.2) is 0 Å². The number of nitrogens with one attached hydrogen (secondary N) is 2. The van der Waals surface area contributed by atoms with Gasteiger partial charge < -0.3 is 25.4 Å². The Kier molecular flexibility index (Phi) is 7.84. The van der Waals surface area contributed by atoms with Gasteiger partial charge in [-0.3, -0.25) is 4.79 Å². The fourth-order valence-electron chi connectivity index (χ4n) is 2.81. The van der Waals surface area contributed by atoms with E-state index in [4.69, 9.17) is 4.74 Å². The molecule has 7 nitrogen and oxygen atoms in total. The zero-order valence-corrected chi connectivity index (χ0v) is 16.2. The maximum Gasteiger partial charge on any atom is 0.475 e. The zero-order chi connectivity index (χ0) is 20.6. The van der Waals surface area contributed by atoms with Crippen molar-refractivity contribution in [3.8, 4) is 0 Å². The quantitative estimate of drug-likeness (QED) is 0.509. The van der Waals surface area contributed by atoms with Crippen molar-refractivity contribution in [2.75, 3.05) is 0 Å². The molecule has 2 rings (SSSR count). The maximum absolute atomic E-state index is 12.6. The van der Waals surface area contributed by atoms with Crippen molar-refractivity contribution in [1.82, 2.24) is 10.6 Å². The first-order valence-electron chi connectivity index (χ1n) is 9.27. The number of ether oxygens (including phenoxy) is 1. The van der Waals surface area contributed by atoms with Crippen LogP contribution in [0.25, 0.3) is 0 Å². The largest absolute Gasteiger partial charge is 0.475 e. The van der Waals surface area contributed by atoms with E-state index in [-0.39, 0.29) is 12.5 Å². The predicted octanol–water partition coefficient (Wildman–Crippen LogP) is 1.71. The zero-order valence-electron chi connectivity index (χ0n) is 16.2. The lowest BCUT2D eigenvalue weighted by atomic mass is 9.73. The van der Waals surface area contributed by atoms with Crippen LogP contribution in [0.4, 0.5) is 4.79 Å². The summed E-state index contributed by atoms with van der Waals surface area (Å²) in [6.45, 7) is 3.14. The molecule has 0 radical (unpaired) electrons. The molecule has 1 unspecified atom stereocenters. The van der Waals surface area contributed by atoms with Gasteiger partial charge in [-0.15, -0.1) is 0 Å². The fourth-order valence-corrected chi connectivity index (χ4v) is 2.81. The fraction of sp³-hybridized carbons (Fsp3) is 0.400. The summed E-state index contributed by atoms with van der Waals surface area (Å²) in [4.78, 5) is 24.6. The molecule has 0 spiro atoms. The third-order valence-electron chi connectivity index (χ3n) is 4.50. The molecule has 2 atom stereocenters. The van der Waals surface area contributed by atoms with Gasteiger partial charge in [-0.25, -0.2) is 4.79 Å². The van der Waals surface area contributed by atoms with E-state index in [2.05, 4.69) is 10.6 Å². The molecule has 0 heterocycles. The summed E-state index contributed by atoms with van der Waals surface area (Å²) >= 11 is 0. The Morgan fingerprint density at radius 2 is 1.96 bits per heavy atom. The number of alkyl carbamates (subject to hydrolysis) is 1. The summed E-state index contributed by atoms with van der Waals surface area (Å²) in [5, 5.41) is 24.4. The third-order valence-corrected chi connectivity index (χ3v) is 4.50. The summed E-state index contributed by atoms with van der Waals surface area (Å²) in [5.41, 5.74) is -0.457. The van der Waals surface area contributed by atoms with Crippen molar-refractivity contribution in [2.24, 2.45) is 5.92 Å². The molecule has 0 aromatic heterocycles. The Balaban J connectivity index is 1.87. The van der Waals surface area contributed by atoms with Crippen molar-refractivity contribution in [3.63, 3.8) is 0 Å². The van der Waals surface area contributed by atoms with Crippen molar-refractivity contribution < 1.29 is 24.4 Å². The molecule has 0 bridgehead atoms. The highest BCUT2D eigenvalue weighted by Crippen LogP contribution is 2.18. The predicted molar refractivity (Wildman–Crippen MR) is 107 cm³/mol. The smallest absolute Gasteiger partial charge is 0.445 e. The standard InChI is InChI=1S/C20H27BN2O5/c1-20(2,23-19(25)28-14-16-11-7-4-8-12-16)18(24)22-17(21(26)27)13-15-9-5-3-6-10-15/h3-9,11-12,15,17,26-27H,10,13-14H2,1-2H3,(H,22,24)(H,23,25)/t15?,17-/m0/s1. The molecule has 2 amide bonds. The number of allylic oxidation sites excluding steroid dienone is 4. The van der Waals surface area contributed by atoms with Gasteiger partial charge in [0.05, 0.1) is 5.94 Å². The second-order valence-electron chi connectivity index (χ2n) is 7.35. The molecule has 0 saturated carbocycles. The molecule has 1 aliphatic rings. The first kappa shape index (κ1) is 21.7. The van der Waals surface area contributed by atoms with Crippen LogP contribution in [0.2, 0.25) is 0 Å². The van der Waals surface area contributed by atoms with Crippen molar-refractivity contribution in [3.05, 3.63) is 60.2 Å². The monoisotopic (exact) mass is 386 g/mol. The van der Waals surface area contributed by atoms with E-state index in [1.54, 1.807) is 0 Å². The lowest BCUT2D eigenvalue weighted by Crippen LogP contribution is -2.59. The topological polar surface area (TPSA) is 108 Å². The van der Waals surface area contributed by atoms with Crippen LogP contribution in [-0.2, 0) is 16.1 Å². The normalized spacial score (nSPS) is 16.9. The second-order valence-corrected chi connectivity index (χ2v) is 7.35. The molecule has 150 valence electrons. The van der Waals surface area contributed by atoms with Crippen LogP contribution in [-0.4, -0.2) is 40.6 Å². The van der Waals surface area contributed by atoms with Crippen LogP contribution < -0.4 is 10.6 Å². The number of hydrogen-bond donors (Lipinski definition) is 4. The van der Waals surface area contributed by atoms with Crippen LogP contribution in [0.15, 0.2) is 54.6 Å². The second kappa shape index (κ2) is 10.1. The highest BCUT2D eigenvalue weighted by atomic mass is 16.5. The highest BCUT2D eigenvalue weighted by molar-refractivity contribution is 6.43. The van der Waals surface area contributed by atoms with Crippen molar-refractivity contribution >= 4 is 19.1 Å². The highest BCUT2D eigenvalue weighted by Gasteiger charge is 2.35. The summed E-state index contributed by atoms with van der Waals surface area (Å²) in [6.07, 6.45) is 8.18. The Bertz CT molecular complexity index is 719. The van der Waals surface area contributed by atoms with E-state index < -0.39 is 30.6 Å². The van der Waals surface area contributed by atoms with Gasteiger partial charge >= 0.3 is 13.2 Å². The summed E-state index contributed by atoms with van der Waals surface area (Å²) in [7, 11) is -1.70. The molecule has 0 saturated heterocycles. The van der Waals surface area contributed by atoms with E-state index in [1.165, 1.54) is 13.8 Å². The van der Waals surface area contributed by atoms with E-state index in [0.717, 1.165) is 12.0 Å². The number of carbonyl (C=O) groups is 2. The lowest BCUT2D eigenvalue weighted by Gasteiger charge is -2.29. The SMILES string of the molecule is CC(C)(NC(=O)OCc1ccccc1)C(=O)N[C@@H](CC1C=CC=CC1)B(O)O. The minimum absolute atomic E-state index is 0.0872. The van der Waals surface area contributed by atoms with Gasteiger partial charge in [-0.2, -0.15) is 0 Å². The minimum atomic E-state index is -1.70. The molecule has 28 heavy (non-hydrogen) atoms. The summed E-state index contributed by atoms with van der Waals surface area (Å²) < 4.78 is 5.14. The molecule has 4 N–H and O–H groups in total. The van der Waals surface area contributed by atoms with Crippen molar-refractivity contribution in [1.29, 1.82) is 0 Å². The Labute approximate surface area is 165 Å². The summed E-state index contributed by atoms with van der Waals surface area (Å²) in [5.74, 6) is -1.28. The van der Waals surface area contributed by atoms with Crippen LogP contribution in [0.1, 0.15) is 32.3 Å². The van der Waals surface area contributed by atoms with Crippen molar-refractivity contribution in [2.45, 2.75) is 44.8 Å². The average Bonchev–Trinajstić information content (AvgIpc) is 2.67. The van der Waals surface area contributed by atoms with Gasteiger partial charge in [0.25, 0.3) is 0 Å². The van der Waals surface area contributed by atoms with Gasteiger partial charge in [-0.05, 0) is 38.2 Å². The van der Waals surface area contributed by atoms with Crippen LogP contribution >= 0.6 is 0 Å². The molecule has 0 fully saturated rings. The molecule has 1 aromatic carbocycles. The number of benzene rings is 1. The Hall–Kier alpha value is -2.58. The van der Waals surface area contributed by atoms with E-state index in [9.17, 15) is 19.6 Å². The number of rotatable bonds is 8. The average molecular weight is 386 g/mol. The molecule has 1 aromatic rings. The molecule has 0 aliphatic heterocycles. The Morgan fingerprint density at radius 1 is 1.25 bits per heavy atom. The van der Waals surface area contributed by atoms with Gasteiger partial charge in [0.1, 0.15) is 12.1 Å². The lowest BCUT2D eigenvalue weighted by molar-refractivity contribution is -0.126. The van der Waals surface area contributed by atoms with E-state index in [0.29, 0.717) is 6.42 Å².